The third-order valence-corrected chi connectivity index (χ3v) is 3.05. The van der Waals surface area contributed by atoms with E-state index in [1.54, 1.807) is 0 Å². The van der Waals surface area contributed by atoms with E-state index in [9.17, 15) is 5.11 Å². The zero-order chi connectivity index (χ0) is 13.5. The minimum Gasteiger partial charge on any atom is -0.392 e. The molecule has 0 bridgehead atoms. The molecule has 0 radical (unpaired) electrons. The van der Waals surface area contributed by atoms with E-state index >= 15 is 0 Å². The minimum atomic E-state index is -0.214. The van der Waals surface area contributed by atoms with Crippen LogP contribution < -0.4 is 0 Å². The van der Waals surface area contributed by atoms with E-state index in [-0.39, 0.29) is 6.10 Å². The van der Waals surface area contributed by atoms with Crippen molar-refractivity contribution in [1.82, 2.24) is 4.90 Å². The number of aryl methyl sites for hydroxylation is 1. The summed E-state index contributed by atoms with van der Waals surface area (Å²) in [5, 5.41) is 9.83. The molecule has 18 heavy (non-hydrogen) atoms. The molecule has 0 heterocycles. The third kappa shape index (κ3) is 5.65. The van der Waals surface area contributed by atoms with Crippen LogP contribution in [-0.4, -0.2) is 29.2 Å². The highest BCUT2D eigenvalue weighted by Crippen LogP contribution is 2.10. The fraction of sp³-hybridized carbons (Fsp3) is 0.625. The van der Waals surface area contributed by atoms with Gasteiger partial charge in [-0.3, -0.25) is 4.90 Å². The summed E-state index contributed by atoms with van der Waals surface area (Å²) >= 11 is 0. The zero-order valence-electron chi connectivity index (χ0n) is 12.2. The van der Waals surface area contributed by atoms with Crippen molar-refractivity contribution in [3.05, 3.63) is 35.4 Å². The van der Waals surface area contributed by atoms with Crippen LogP contribution in [0.4, 0.5) is 0 Å². The first-order chi connectivity index (χ1) is 8.51. The number of nitrogens with zero attached hydrogens (tertiary/aromatic N) is 1. The summed E-state index contributed by atoms with van der Waals surface area (Å²) in [7, 11) is 0. The molecule has 0 aromatic heterocycles. The summed E-state index contributed by atoms with van der Waals surface area (Å²) in [6, 6.07) is 8.62. The Bertz CT molecular complexity index is 349. The molecule has 2 heteroatoms. The second kappa shape index (κ2) is 7.55. The van der Waals surface area contributed by atoms with E-state index in [0.29, 0.717) is 5.92 Å². The lowest BCUT2D eigenvalue weighted by molar-refractivity contribution is 0.0986. The maximum atomic E-state index is 9.83. The standard InChI is InChI=1S/C16H27NO/c1-5-16(18)12-17(10-13(2)3)11-15-8-6-7-14(4)9-15/h6-9,13,16,18H,5,10-12H2,1-4H3. The molecule has 0 amide bonds. The molecule has 1 atom stereocenters. The van der Waals surface area contributed by atoms with Gasteiger partial charge in [0, 0.05) is 19.6 Å². The van der Waals surface area contributed by atoms with Crippen molar-refractivity contribution in [2.24, 2.45) is 5.92 Å². The molecule has 0 spiro atoms. The van der Waals surface area contributed by atoms with Crippen molar-refractivity contribution < 1.29 is 5.11 Å². The van der Waals surface area contributed by atoms with Gasteiger partial charge in [0.05, 0.1) is 6.10 Å². The Morgan fingerprint density at radius 3 is 2.50 bits per heavy atom. The van der Waals surface area contributed by atoms with Gasteiger partial charge >= 0.3 is 0 Å². The third-order valence-electron chi connectivity index (χ3n) is 3.05. The first-order valence-corrected chi connectivity index (χ1v) is 6.97. The Balaban J connectivity index is 2.65. The predicted molar refractivity (Wildman–Crippen MR) is 77.6 cm³/mol. The van der Waals surface area contributed by atoms with Crippen LogP contribution in [0.1, 0.15) is 38.3 Å². The van der Waals surface area contributed by atoms with Crippen molar-refractivity contribution in [2.75, 3.05) is 13.1 Å². The lowest BCUT2D eigenvalue weighted by atomic mass is 10.1. The normalized spacial score (nSPS) is 13.3. The van der Waals surface area contributed by atoms with Crippen molar-refractivity contribution >= 4 is 0 Å². The number of aliphatic hydroxyl groups is 1. The lowest BCUT2D eigenvalue weighted by Crippen LogP contribution is -2.34. The summed E-state index contributed by atoms with van der Waals surface area (Å²) < 4.78 is 0. The second-order valence-corrected chi connectivity index (χ2v) is 5.64. The van der Waals surface area contributed by atoms with Crippen molar-refractivity contribution in [1.29, 1.82) is 0 Å². The second-order valence-electron chi connectivity index (χ2n) is 5.64. The topological polar surface area (TPSA) is 23.5 Å². The first-order valence-electron chi connectivity index (χ1n) is 6.97. The number of aliphatic hydroxyl groups excluding tert-OH is 1. The SMILES string of the molecule is CCC(O)CN(Cc1cccc(C)c1)CC(C)C. The molecule has 1 aromatic carbocycles. The first kappa shape index (κ1) is 15.2. The van der Waals surface area contributed by atoms with Crippen LogP contribution in [0.5, 0.6) is 0 Å². The van der Waals surface area contributed by atoms with Crippen LogP contribution in [-0.2, 0) is 6.54 Å². The number of hydrogen-bond donors (Lipinski definition) is 1. The van der Waals surface area contributed by atoms with Crippen LogP contribution in [0.25, 0.3) is 0 Å². The highest BCUT2D eigenvalue weighted by molar-refractivity contribution is 5.22. The molecule has 0 aliphatic rings. The van der Waals surface area contributed by atoms with E-state index in [1.807, 2.05) is 6.92 Å². The average molecular weight is 249 g/mol. The van der Waals surface area contributed by atoms with Gasteiger partial charge in [-0.1, -0.05) is 50.6 Å². The number of benzene rings is 1. The molecular weight excluding hydrogens is 222 g/mol. The molecule has 1 N–H and O–H groups in total. The maximum absolute atomic E-state index is 9.83. The molecule has 0 fully saturated rings. The molecule has 1 aromatic rings. The van der Waals surface area contributed by atoms with E-state index in [4.69, 9.17) is 0 Å². The smallest absolute Gasteiger partial charge is 0.0664 e. The number of hydrogen-bond acceptors (Lipinski definition) is 2. The summed E-state index contributed by atoms with van der Waals surface area (Å²) in [6.45, 7) is 11.3. The Morgan fingerprint density at radius 1 is 1.22 bits per heavy atom. The predicted octanol–water partition coefficient (Wildman–Crippen LogP) is 3.22. The van der Waals surface area contributed by atoms with Crippen LogP contribution in [0.3, 0.4) is 0 Å². The molecule has 0 aliphatic carbocycles. The minimum absolute atomic E-state index is 0.214. The monoisotopic (exact) mass is 249 g/mol. The lowest BCUT2D eigenvalue weighted by Gasteiger charge is -2.26. The highest BCUT2D eigenvalue weighted by Gasteiger charge is 2.12. The van der Waals surface area contributed by atoms with Gasteiger partial charge in [-0.05, 0) is 24.8 Å². The Kier molecular flexibility index (Phi) is 6.37. The van der Waals surface area contributed by atoms with Gasteiger partial charge in [0.2, 0.25) is 0 Å². The molecule has 1 rings (SSSR count). The highest BCUT2D eigenvalue weighted by atomic mass is 16.3. The summed E-state index contributed by atoms with van der Waals surface area (Å²) in [5.74, 6) is 0.624. The summed E-state index contributed by atoms with van der Waals surface area (Å²) in [5.41, 5.74) is 2.63. The molecule has 1 unspecified atom stereocenters. The molecule has 2 nitrogen and oxygen atoms in total. The van der Waals surface area contributed by atoms with Crippen LogP contribution in [0.2, 0.25) is 0 Å². The molecule has 0 saturated carbocycles. The molecular formula is C16H27NO. The van der Waals surface area contributed by atoms with Crippen molar-refractivity contribution in [3.8, 4) is 0 Å². The van der Waals surface area contributed by atoms with Gasteiger partial charge in [0.1, 0.15) is 0 Å². The van der Waals surface area contributed by atoms with E-state index in [0.717, 1.165) is 26.1 Å². The van der Waals surface area contributed by atoms with Crippen molar-refractivity contribution in [2.45, 2.75) is 46.8 Å². The van der Waals surface area contributed by atoms with E-state index in [1.165, 1.54) is 11.1 Å². The fourth-order valence-electron chi connectivity index (χ4n) is 2.22. The van der Waals surface area contributed by atoms with Gasteiger partial charge in [-0.25, -0.2) is 0 Å². The Hall–Kier alpha value is -0.860. The van der Waals surface area contributed by atoms with Gasteiger partial charge in [-0.15, -0.1) is 0 Å². The van der Waals surface area contributed by atoms with Crippen LogP contribution >= 0.6 is 0 Å². The maximum Gasteiger partial charge on any atom is 0.0664 e. The van der Waals surface area contributed by atoms with Crippen LogP contribution in [0, 0.1) is 12.8 Å². The fourth-order valence-corrected chi connectivity index (χ4v) is 2.22. The Labute approximate surface area is 112 Å². The molecule has 102 valence electrons. The average Bonchev–Trinajstić information content (AvgIpc) is 2.27. The van der Waals surface area contributed by atoms with Gasteiger partial charge in [0.15, 0.2) is 0 Å². The van der Waals surface area contributed by atoms with Gasteiger partial charge in [-0.2, -0.15) is 0 Å². The van der Waals surface area contributed by atoms with Gasteiger partial charge in [0.25, 0.3) is 0 Å². The molecule has 0 aliphatic heterocycles. The van der Waals surface area contributed by atoms with Gasteiger partial charge < -0.3 is 5.11 Å². The molecule has 0 saturated heterocycles. The quantitative estimate of drug-likeness (QED) is 0.802. The summed E-state index contributed by atoms with van der Waals surface area (Å²) in [4.78, 5) is 2.35. The summed E-state index contributed by atoms with van der Waals surface area (Å²) in [6.07, 6.45) is 0.608. The van der Waals surface area contributed by atoms with E-state index < -0.39 is 0 Å². The zero-order valence-corrected chi connectivity index (χ0v) is 12.2. The largest absolute Gasteiger partial charge is 0.392 e. The Morgan fingerprint density at radius 2 is 1.94 bits per heavy atom. The van der Waals surface area contributed by atoms with Crippen LogP contribution in [0.15, 0.2) is 24.3 Å². The number of rotatable bonds is 7. The van der Waals surface area contributed by atoms with E-state index in [2.05, 4.69) is 49.9 Å². The van der Waals surface area contributed by atoms with Crippen molar-refractivity contribution in [3.63, 3.8) is 0 Å².